The van der Waals surface area contributed by atoms with E-state index in [1.165, 1.54) is 10.1 Å². The molecular formula is C15H22ClNOS. The molecule has 1 N–H and O–H groups in total. The molecule has 0 bridgehead atoms. The van der Waals surface area contributed by atoms with Crippen molar-refractivity contribution in [3.63, 3.8) is 0 Å². The molecule has 0 aliphatic rings. The van der Waals surface area contributed by atoms with Crippen LogP contribution in [0.5, 0.6) is 5.75 Å². The summed E-state index contributed by atoms with van der Waals surface area (Å²) in [5, 5.41) is 6.57. The molecule has 106 valence electrons. The number of hydrogen-bond acceptors (Lipinski definition) is 3. The third-order valence-corrected chi connectivity index (χ3v) is 3.96. The number of nitrogens with one attached hydrogen (secondary N) is 1. The normalized spacial score (nSPS) is 12.1. The molecule has 1 aromatic carbocycles. The minimum absolute atomic E-state index is 0. The zero-order chi connectivity index (χ0) is 12.8. The molecule has 1 aromatic heterocycles. The molecule has 1 heterocycles. The fourth-order valence-electron chi connectivity index (χ4n) is 2.14. The molecule has 0 amide bonds. The molecule has 2 rings (SSSR count). The molecule has 0 saturated heterocycles. The molecule has 1 atom stereocenters. The molecule has 1 unspecified atom stereocenters. The Hall–Kier alpha value is -0.770. The first kappa shape index (κ1) is 16.3. The van der Waals surface area contributed by atoms with Crippen molar-refractivity contribution in [1.82, 2.24) is 5.32 Å². The van der Waals surface area contributed by atoms with Gasteiger partial charge in [0.2, 0.25) is 0 Å². The van der Waals surface area contributed by atoms with E-state index < -0.39 is 0 Å². The van der Waals surface area contributed by atoms with E-state index in [0.29, 0.717) is 6.10 Å². The van der Waals surface area contributed by atoms with Gasteiger partial charge in [0.1, 0.15) is 5.75 Å². The fourth-order valence-corrected chi connectivity index (χ4v) is 2.94. The van der Waals surface area contributed by atoms with E-state index in [-0.39, 0.29) is 12.4 Å². The molecule has 0 fully saturated rings. The van der Waals surface area contributed by atoms with Gasteiger partial charge in [-0.25, -0.2) is 0 Å². The maximum Gasteiger partial charge on any atom is 0.128 e. The van der Waals surface area contributed by atoms with Crippen LogP contribution in [0.4, 0.5) is 0 Å². The SMILES string of the molecule is CCCC(CCNC)Oc1cccc2sccc12.Cl. The van der Waals surface area contributed by atoms with Gasteiger partial charge < -0.3 is 10.1 Å². The minimum atomic E-state index is 0. The number of fused-ring (bicyclic) bond motifs is 1. The van der Waals surface area contributed by atoms with Crippen molar-refractivity contribution < 1.29 is 4.74 Å². The van der Waals surface area contributed by atoms with Crippen LogP contribution in [0, 0.1) is 0 Å². The Morgan fingerprint density at radius 3 is 2.84 bits per heavy atom. The summed E-state index contributed by atoms with van der Waals surface area (Å²) in [7, 11) is 1.99. The van der Waals surface area contributed by atoms with Gasteiger partial charge in [-0.15, -0.1) is 23.7 Å². The Balaban J connectivity index is 0.00000180. The van der Waals surface area contributed by atoms with Gasteiger partial charge in [-0.1, -0.05) is 19.4 Å². The molecule has 0 spiro atoms. The van der Waals surface area contributed by atoms with Crippen molar-refractivity contribution in [3.8, 4) is 5.75 Å². The van der Waals surface area contributed by atoms with Crippen molar-refractivity contribution in [3.05, 3.63) is 29.6 Å². The number of ether oxygens (including phenoxy) is 1. The second-order valence-electron chi connectivity index (χ2n) is 4.51. The summed E-state index contributed by atoms with van der Waals surface area (Å²) < 4.78 is 7.50. The molecule has 0 saturated carbocycles. The minimum Gasteiger partial charge on any atom is -0.490 e. The smallest absolute Gasteiger partial charge is 0.128 e. The highest BCUT2D eigenvalue weighted by atomic mass is 35.5. The third kappa shape index (κ3) is 4.37. The molecular weight excluding hydrogens is 278 g/mol. The van der Waals surface area contributed by atoms with E-state index in [2.05, 4.69) is 41.9 Å². The summed E-state index contributed by atoms with van der Waals surface area (Å²) in [5.74, 6) is 1.03. The van der Waals surface area contributed by atoms with Gasteiger partial charge >= 0.3 is 0 Å². The third-order valence-electron chi connectivity index (χ3n) is 3.08. The highest BCUT2D eigenvalue weighted by Crippen LogP contribution is 2.30. The zero-order valence-electron chi connectivity index (χ0n) is 11.5. The van der Waals surface area contributed by atoms with Gasteiger partial charge in [-0.3, -0.25) is 0 Å². The summed E-state index contributed by atoms with van der Waals surface area (Å²) in [4.78, 5) is 0. The Kier molecular flexibility index (Phi) is 7.21. The quantitative estimate of drug-likeness (QED) is 0.814. The van der Waals surface area contributed by atoms with Crippen LogP contribution in [0.3, 0.4) is 0 Å². The summed E-state index contributed by atoms with van der Waals surface area (Å²) >= 11 is 1.77. The standard InChI is InChI=1S/C15H21NOS.ClH/c1-3-5-12(8-10-16-2)17-14-6-4-7-15-13(14)9-11-18-15;/h4,6-7,9,11-12,16H,3,5,8,10H2,1-2H3;1H. The number of halogens is 1. The Bertz CT molecular complexity index is 486. The lowest BCUT2D eigenvalue weighted by atomic mass is 10.1. The van der Waals surface area contributed by atoms with Crippen LogP contribution in [-0.2, 0) is 0 Å². The van der Waals surface area contributed by atoms with Crippen LogP contribution in [0.1, 0.15) is 26.2 Å². The van der Waals surface area contributed by atoms with Crippen LogP contribution < -0.4 is 10.1 Å². The van der Waals surface area contributed by atoms with E-state index in [1.54, 1.807) is 11.3 Å². The lowest BCUT2D eigenvalue weighted by Crippen LogP contribution is -2.22. The first-order chi connectivity index (χ1) is 8.85. The number of thiophene rings is 1. The Labute approximate surface area is 125 Å². The van der Waals surface area contributed by atoms with Crippen molar-refractivity contribution in [2.75, 3.05) is 13.6 Å². The lowest BCUT2D eigenvalue weighted by Gasteiger charge is -2.19. The van der Waals surface area contributed by atoms with Gasteiger partial charge in [0.05, 0.1) is 6.10 Å². The average Bonchev–Trinajstić information content (AvgIpc) is 2.85. The van der Waals surface area contributed by atoms with E-state index in [0.717, 1.165) is 31.6 Å². The van der Waals surface area contributed by atoms with Crippen LogP contribution in [0.15, 0.2) is 29.6 Å². The first-order valence-corrected chi connectivity index (χ1v) is 7.50. The molecule has 0 aliphatic carbocycles. The van der Waals surface area contributed by atoms with Gasteiger partial charge in [-0.05, 0) is 50.0 Å². The van der Waals surface area contributed by atoms with Gasteiger partial charge in [-0.2, -0.15) is 0 Å². The molecule has 19 heavy (non-hydrogen) atoms. The summed E-state index contributed by atoms with van der Waals surface area (Å²) in [5.41, 5.74) is 0. The van der Waals surface area contributed by atoms with E-state index in [9.17, 15) is 0 Å². The molecule has 2 nitrogen and oxygen atoms in total. The lowest BCUT2D eigenvalue weighted by molar-refractivity contribution is 0.182. The molecule has 0 radical (unpaired) electrons. The maximum atomic E-state index is 6.20. The monoisotopic (exact) mass is 299 g/mol. The second-order valence-corrected chi connectivity index (χ2v) is 5.46. The van der Waals surface area contributed by atoms with Crippen LogP contribution in [-0.4, -0.2) is 19.7 Å². The first-order valence-electron chi connectivity index (χ1n) is 6.62. The van der Waals surface area contributed by atoms with Crippen molar-refractivity contribution in [2.24, 2.45) is 0 Å². The van der Waals surface area contributed by atoms with E-state index in [1.807, 2.05) is 7.05 Å². The molecule has 2 aromatic rings. The summed E-state index contributed by atoms with van der Waals surface area (Å²) in [6, 6.07) is 8.46. The highest BCUT2D eigenvalue weighted by molar-refractivity contribution is 7.17. The Morgan fingerprint density at radius 1 is 1.26 bits per heavy atom. The summed E-state index contributed by atoms with van der Waals surface area (Å²) in [6.45, 7) is 3.21. The van der Waals surface area contributed by atoms with Crippen LogP contribution in [0.25, 0.3) is 10.1 Å². The second kappa shape index (κ2) is 8.41. The fraction of sp³-hybridized carbons (Fsp3) is 0.467. The average molecular weight is 300 g/mol. The van der Waals surface area contributed by atoms with E-state index in [4.69, 9.17) is 4.74 Å². The van der Waals surface area contributed by atoms with E-state index >= 15 is 0 Å². The topological polar surface area (TPSA) is 21.3 Å². The van der Waals surface area contributed by atoms with Crippen LogP contribution in [0.2, 0.25) is 0 Å². The molecule has 0 aliphatic heterocycles. The van der Waals surface area contributed by atoms with Gasteiger partial charge in [0, 0.05) is 10.1 Å². The van der Waals surface area contributed by atoms with Crippen LogP contribution >= 0.6 is 23.7 Å². The van der Waals surface area contributed by atoms with Gasteiger partial charge in [0.25, 0.3) is 0 Å². The summed E-state index contributed by atoms with van der Waals surface area (Å²) in [6.07, 6.45) is 3.65. The van der Waals surface area contributed by atoms with Crippen molar-refractivity contribution in [1.29, 1.82) is 0 Å². The maximum absolute atomic E-state index is 6.20. The van der Waals surface area contributed by atoms with Crippen molar-refractivity contribution >= 4 is 33.8 Å². The number of hydrogen-bond donors (Lipinski definition) is 1. The molecule has 4 heteroatoms. The van der Waals surface area contributed by atoms with Gasteiger partial charge in [0.15, 0.2) is 0 Å². The predicted molar refractivity (Wildman–Crippen MR) is 86.9 cm³/mol. The zero-order valence-corrected chi connectivity index (χ0v) is 13.2. The highest BCUT2D eigenvalue weighted by Gasteiger charge is 2.11. The number of rotatable bonds is 7. The number of benzene rings is 1. The van der Waals surface area contributed by atoms with Crippen molar-refractivity contribution in [2.45, 2.75) is 32.3 Å². The predicted octanol–water partition coefficient (Wildman–Crippen LogP) is 4.48. The Morgan fingerprint density at radius 2 is 2.11 bits per heavy atom. The largest absolute Gasteiger partial charge is 0.490 e.